The van der Waals surface area contributed by atoms with Gasteiger partial charge in [0.2, 0.25) is 0 Å². The van der Waals surface area contributed by atoms with Crippen LogP contribution in [0.15, 0.2) is 35.2 Å². The molecule has 2 rings (SSSR count). The minimum absolute atomic E-state index is 0.0529. The SMILES string of the molecule is Cc1cc(S(=O)(=O)Nc2cc(F)ccc2Cl)cc(N)c1Cl. The number of aryl methyl sites for hydroxylation is 1. The first-order chi connectivity index (χ1) is 9.70. The van der Waals surface area contributed by atoms with Crippen molar-refractivity contribution in [1.82, 2.24) is 0 Å². The summed E-state index contributed by atoms with van der Waals surface area (Å²) in [6.07, 6.45) is 0. The molecule has 2 aromatic rings. The second-order valence-electron chi connectivity index (χ2n) is 4.37. The van der Waals surface area contributed by atoms with Gasteiger partial charge in [0.1, 0.15) is 5.82 Å². The number of nitrogens with one attached hydrogen (secondary N) is 1. The van der Waals surface area contributed by atoms with E-state index in [1.54, 1.807) is 6.92 Å². The monoisotopic (exact) mass is 348 g/mol. The molecule has 0 saturated carbocycles. The van der Waals surface area contributed by atoms with E-state index >= 15 is 0 Å². The summed E-state index contributed by atoms with van der Waals surface area (Å²) in [7, 11) is -3.95. The summed E-state index contributed by atoms with van der Waals surface area (Å²) >= 11 is 11.7. The molecule has 0 bridgehead atoms. The minimum Gasteiger partial charge on any atom is -0.397 e. The number of sulfonamides is 1. The molecule has 0 heterocycles. The lowest BCUT2D eigenvalue weighted by atomic mass is 10.2. The summed E-state index contributed by atoms with van der Waals surface area (Å²) in [4.78, 5) is -0.0813. The number of halogens is 3. The van der Waals surface area contributed by atoms with E-state index in [2.05, 4.69) is 4.72 Å². The van der Waals surface area contributed by atoms with Crippen molar-refractivity contribution >= 4 is 44.6 Å². The van der Waals surface area contributed by atoms with Crippen LogP contribution >= 0.6 is 23.2 Å². The van der Waals surface area contributed by atoms with Gasteiger partial charge in [-0.1, -0.05) is 23.2 Å². The largest absolute Gasteiger partial charge is 0.397 e. The van der Waals surface area contributed by atoms with Crippen LogP contribution in [-0.2, 0) is 10.0 Å². The molecule has 4 nitrogen and oxygen atoms in total. The van der Waals surface area contributed by atoms with E-state index in [0.717, 1.165) is 12.1 Å². The topological polar surface area (TPSA) is 72.2 Å². The van der Waals surface area contributed by atoms with Gasteiger partial charge in [-0.3, -0.25) is 4.72 Å². The molecule has 0 unspecified atom stereocenters. The van der Waals surface area contributed by atoms with Crippen molar-refractivity contribution in [2.45, 2.75) is 11.8 Å². The maximum atomic E-state index is 13.2. The number of hydrogen-bond acceptors (Lipinski definition) is 3. The average Bonchev–Trinajstić information content (AvgIpc) is 2.39. The van der Waals surface area contributed by atoms with E-state index in [1.807, 2.05) is 0 Å². The third kappa shape index (κ3) is 3.40. The minimum atomic E-state index is -3.95. The smallest absolute Gasteiger partial charge is 0.262 e. The third-order valence-electron chi connectivity index (χ3n) is 2.74. The molecule has 0 aliphatic carbocycles. The number of rotatable bonds is 3. The highest BCUT2D eigenvalue weighted by Gasteiger charge is 2.18. The van der Waals surface area contributed by atoms with Gasteiger partial charge in [-0.2, -0.15) is 0 Å². The summed E-state index contributed by atoms with van der Waals surface area (Å²) in [5, 5.41) is 0.372. The molecule has 0 radical (unpaired) electrons. The predicted octanol–water partition coefficient (Wildman–Crippen LogP) is 3.82. The molecule has 112 valence electrons. The number of nitrogen functional groups attached to an aromatic ring is 1. The lowest BCUT2D eigenvalue weighted by Crippen LogP contribution is -2.14. The maximum Gasteiger partial charge on any atom is 0.262 e. The van der Waals surface area contributed by atoms with E-state index < -0.39 is 15.8 Å². The van der Waals surface area contributed by atoms with Crippen LogP contribution in [0.25, 0.3) is 0 Å². The fraction of sp³-hybridized carbons (Fsp3) is 0.0769. The van der Waals surface area contributed by atoms with E-state index in [1.165, 1.54) is 18.2 Å². The molecule has 0 amide bonds. The van der Waals surface area contributed by atoms with Gasteiger partial charge in [0.15, 0.2) is 0 Å². The fourth-order valence-corrected chi connectivity index (χ4v) is 3.22. The molecule has 8 heteroatoms. The van der Waals surface area contributed by atoms with Crippen molar-refractivity contribution in [1.29, 1.82) is 0 Å². The molecule has 21 heavy (non-hydrogen) atoms. The fourth-order valence-electron chi connectivity index (χ4n) is 1.70. The van der Waals surface area contributed by atoms with E-state index in [4.69, 9.17) is 28.9 Å². The summed E-state index contributed by atoms with van der Waals surface area (Å²) in [6.45, 7) is 1.63. The van der Waals surface area contributed by atoms with Crippen LogP contribution in [0.5, 0.6) is 0 Å². The van der Waals surface area contributed by atoms with Crippen molar-refractivity contribution in [2.75, 3.05) is 10.5 Å². The van der Waals surface area contributed by atoms with Gasteiger partial charge >= 0.3 is 0 Å². The Morgan fingerprint density at radius 3 is 2.48 bits per heavy atom. The molecule has 0 spiro atoms. The Bertz CT molecular complexity index is 787. The zero-order valence-corrected chi connectivity index (χ0v) is 13.2. The van der Waals surface area contributed by atoms with Gasteiger partial charge in [0.05, 0.1) is 26.3 Å². The quantitative estimate of drug-likeness (QED) is 0.828. The highest BCUT2D eigenvalue weighted by Crippen LogP contribution is 2.29. The van der Waals surface area contributed by atoms with Crippen molar-refractivity contribution in [3.8, 4) is 0 Å². The predicted molar refractivity (Wildman–Crippen MR) is 82.8 cm³/mol. The molecular formula is C13H11Cl2FN2O2S. The molecule has 0 saturated heterocycles. The molecule has 2 aromatic carbocycles. The zero-order valence-electron chi connectivity index (χ0n) is 10.8. The van der Waals surface area contributed by atoms with Gasteiger partial charge in [0.25, 0.3) is 10.0 Å². The van der Waals surface area contributed by atoms with Gasteiger partial charge in [0, 0.05) is 0 Å². The zero-order chi connectivity index (χ0) is 15.8. The first kappa shape index (κ1) is 15.9. The maximum absolute atomic E-state index is 13.2. The first-order valence-corrected chi connectivity index (χ1v) is 7.98. The molecule has 3 N–H and O–H groups in total. The Balaban J connectivity index is 2.46. The number of nitrogens with two attached hydrogens (primary N) is 1. The van der Waals surface area contributed by atoms with Gasteiger partial charge < -0.3 is 5.73 Å². The Kier molecular flexibility index (Phi) is 4.32. The lowest BCUT2D eigenvalue weighted by molar-refractivity contribution is 0.601. The second-order valence-corrected chi connectivity index (χ2v) is 6.84. The molecule has 0 atom stereocenters. The van der Waals surface area contributed by atoms with Crippen LogP contribution < -0.4 is 10.5 Å². The van der Waals surface area contributed by atoms with Crippen LogP contribution in [0, 0.1) is 12.7 Å². The van der Waals surface area contributed by atoms with Crippen LogP contribution in [0.2, 0.25) is 10.0 Å². The highest BCUT2D eigenvalue weighted by atomic mass is 35.5. The van der Waals surface area contributed by atoms with Crippen LogP contribution in [0.1, 0.15) is 5.56 Å². The molecule has 0 aromatic heterocycles. The van der Waals surface area contributed by atoms with Gasteiger partial charge in [-0.05, 0) is 42.8 Å². The van der Waals surface area contributed by atoms with E-state index in [9.17, 15) is 12.8 Å². The van der Waals surface area contributed by atoms with Crippen molar-refractivity contribution in [3.63, 3.8) is 0 Å². The summed E-state index contributed by atoms with van der Waals surface area (Å²) < 4.78 is 40.0. The van der Waals surface area contributed by atoms with Crippen LogP contribution in [0.3, 0.4) is 0 Å². The second kappa shape index (κ2) is 5.71. The summed E-state index contributed by atoms with van der Waals surface area (Å²) in [5.41, 5.74) is 6.26. The molecule has 0 aliphatic heterocycles. The normalized spacial score (nSPS) is 11.4. The Morgan fingerprint density at radius 2 is 1.86 bits per heavy atom. The van der Waals surface area contributed by atoms with Crippen molar-refractivity contribution in [2.24, 2.45) is 0 Å². The number of benzene rings is 2. The third-order valence-corrected chi connectivity index (χ3v) is 4.93. The lowest BCUT2D eigenvalue weighted by Gasteiger charge is -2.12. The molecular weight excluding hydrogens is 338 g/mol. The van der Waals surface area contributed by atoms with Crippen molar-refractivity contribution < 1.29 is 12.8 Å². The van der Waals surface area contributed by atoms with Gasteiger partial charge in [-0.15, -0.1) is 0 Å². The van der Waals surface area contributed by atoms with Crippen LogP contribution in [0.4, 0.5) is 15.8 Å². The molecule has 0 fully saturated rings. The molecule has 0 aliphatic rings. The number of hydrogen-bond donors (Lipinski definition) is 2. The first-order valence-electron chi connectivity index (χ1n) is 5.74. The van der Waals surface area contributed by atoms with Gasteiger partial charge in [-0.25, -0.2) is 12.8 Å². The average molecular weight is 349 g/mol. The summed E-state index contributed by atoms with van der Waals surface area (Å²) in [5.74, 6) is -0.607. The summed E-state index contributed by atoms with van der Waals surface area (Å²) in [6, 6.07) is 5.98. The Morgan fingerprint density at radius 1 is 1.19 bits per heavy atom. The Hall–Kier alpha value is -1.50. The van der Waals surface area contributed by atoms with E-state index in [-0.39, 0.29) is 26.3 Å². The standard InChI is InChI=1S/C13H11Cl2FN2O2S/c1-7-4-9(6-11(17)13(7)15)21(19,20)18-12-5-8(16)2-3-10(12)14/h2-6,18H,17H2,1H3. The highest BCUT2D eigenvalue weighted by molar-refractivity contribution is 7.92. The van der Waals surface area contributed by atoms with Crippen molar-refractivity contribution in [3.05, 3.63) is 51.8 Å². The van der Waals surface area contributed by atoms with E-state index in [0.29, 0.717) is 5.56 Å². The number of anilines is 2. The Labute approximate surface area is 131 Å². The van der Waals surface area contributed by atoms with Crippen LogP contribution in [-0.4, -0.2) is 8.42 Å².